The fraction of sp³-hybridized carbons (Fsp3) is 0.364. The zero-order valence-electron chi connectivity index (χ0n) is 16.6. The predicted molar refractivity (Wildman–Crippen MR) is 109 cm³/mol. The van der Waals surface area contributed by atoms with Crippen molar-refractivity contribution in [3.05, 3.63) is 59.7 Å². The van der Waals surface area contributed by atoms with E-state index in [2.05, 4.69) is 0 Å². The second kappa shape index (κ2) is 8.26. The number of hydrogen-bond donors (Lipinski definition) is 0. The molecule has 1 fully saturated rings. The Labute approximate surface area is 171 Å². The molecule has 2 aromatic carbocycles. The highest BCUT2D eigenvalue weighted by molar-refractivity contribution is 7.87. The fourth-order valence-electron chi connectivity index (χ4n) is 3.87. The van der Waals surface area contributed by atoms with Crippen LogP contribution in [-0.2, 0) is 20.3 Å². The molecule has 0 aliphatic carbocycles. The van der Waals surface area contributed by atoms with Gasteiger partial charge in [-0.3, -0.25) is 4.79 Å². The van der Waals surface area contributed by atoms with Crippen molar-refractivity contribution in [1.82, 2.24) is 4.90 Å². The van der Waals surface area contributed by atoms with E-state index in [4.69, 9.17) is 9.44 Å². The summed E-state index contributed by atoms with van der Waals surface area (Å²) in [5.41, 5.74) is 0.459. The summed E-state index contributed by atoms with van der Waals surface area (Å²) in [5.74, 6) is 0.226. The monoisotopic (exact) mass is 412 g/mol. The van der Waals surface area contributed by atoms with E-state index in [1.54, 1.807) is 23.1 Å². The summed E-state index contributed by atoms with van der Waals surface area (Å²) in [6.07, 6.45) is 3.23. The molecule has 0 saturated carbocycles. The topological polar surface area (TPSA) is 87.5 Å². The van der Waals surface area contributed by atoms with Crippen LogP contribution in [0.15, 0.2) is 53.4 Å². The highest BCUT2D eigenvalue weighted by Crippen LogP contribution is 2.39. The van der Waals surface area contributed by atoms with E-state index in [0.29, 0.717) is 12.0 Å². The largest absolute Gasteiger partial charge is 0.379 e. The summed E-state index contributed by atoms with van der Waals surface area (Å²) in [6.45, 7) is 2.71. The Bertz CT molecular complexity index is 1040. The third-order valence-corrected chi connectivity index (χ3v) is 6.83. The van der Waals surface area contributed by atoms with Gasteiger partial charge in [-0.15, -0.1) is 0 Å². The smallest absolute Gasteiger partial charge is 0.339 e. The lowest BCUT2D eigenvalue weighted by molar-refractivity contribution is -0.135. The molecule has 1 atom stereocenters. The van der Waals surface area contributed by atoms with Gasteiger partial charge >= 0.3 is 10.1 Å². The fourth-order valence-corrected chi connectivity index (χ4v) is 4.79. The third kappa shape index (κ3) is 4.13. The Kier molecular flexibility index (Phi) is 5.94. The molecule has 0 aromatic heterocycles. The van der Waals surface area contributed by atoms with Crippen molar-refractivity contribution < 1.29 is 17.4 Å². The molecule has 1 aliphatic heterocycles. The summed E-state index contributed by atoms with van der Waals surface area (Å²) in [4.78, 5) is 14.8. The van der Waals surface area contributed by atoms with Gasteiger partial charge in [0, 0.05) is 13.6 Å². The number of carbonyl (C=O) groups excluding carboxylic acids is 1. The Morgan fingerprint density at radius 1 is 1.17 bits per heavy atom. The first-order valence-corrected chi connectivity index (χ1v) is 11.0. The van der Waals surface area contributed by atoms with Gasteiger partial charge in [0.05, 0.1) is 17.0 Å². The molecule has 3 rings (SSSR count). The first-order valence-electron chi connectivity index (χ1n) is 9.63. The number of amides is 1. The van der Waals surface area contributed by atoms with Gasteiger partial charge in [0.15, 0.2) is 0 Å². The van der Waals surface area contributed by atoms with E-state index >= 15 is 0 Å². The lowest BCUT2D eigenvalue weighted by atomic mass is 9.73. The highest BCUT2D eigenvalue weighted by atomic mass is 32.2. The predicted octanol–water partition coefficient (Wildman–Crippen LogP) is 3.62. The molecule has 0 spiro atoms. The average molecular weight is 413 g/mol. The molecule has 152 valence electrons. The van der Waals surface area contributed by atoms with Crippen LogP contribution >= 0.6 is 0 Å². The Morgan fingerprint density at radius 3 is 2.55 bits per heavy atom. The van der Waals surface area contributed by atoms with Crippen LogP contribution < -0.4 is 4.18 Å². The Balaban J connectivity index is 1.94. The SMILES string of the molecule is CC[C@]1(c2cccc(OS(=O)(=O)c3ccc(C#N)cc3)c2)CCCCN(C)C1=O. The number of carbonyl (C=O) groups is 1. The van der Waals surface area contributed by atoms with Crippen LogP contribution in [0, 0.1) is 11.3 Å². The van der Waals surface area contributed by atoms with Gasteiger partial charge in [-0.1, -0.05) is 25.5 Å². The minimum absolute atomic E-state index is 0.0302. The number of rotatable bonds is 5. The molecule has 2 aromatic rings. The van der Waals surface area contributed by atoms with E-state index < -0.39 is 15.5 Å². The average Bonchev–Trinajstić information content (AvgIpc) is 2.87. The zero-order valence-corrected chi connectivity index (χ0v) is 17.4. The molecule has 7 heteroatoms. The summed E-state index contributed by atoms with van der Waals surface area (Å²) in [7, 11) is -2.24. The first kappa shape index (κ1) is 20.9. The number of benzene rings is 2. The van der Waals surface area contributed by atoms with Gasteiger partial charge in [-0.05, 0) is 61.2 Å². The normalized spacial score (nSPS) is 20.0. The van der Waals surface area contributed by atoms with Crippen molar-refractivity contribution in [1.29, 1.82) is 5.26 Å². The van der Waals surface area contributed by atoms with Crippen molar-refractivity contribution >= 4 is 16.0 Å². The molecule has 0 bridgehead atoms. The third-order valence-electron chi connectivity index (χ3n) is 5.57. The molecule has 1 heterocycles. The van der Waals surface area contributed by atoms with Gasteiger partial charge in [-0.2, -0.15) is 13.7 Å². The van der Waals surface area contributed by atoms with Gasteiger partial charge in [0.1, 0.15) is 10.6 Å². The van der Waals surface area contributed by atoms with Crippen LogP contribution in [0.4, 0.5) is 0 Å². The number of nitrogens with zero attached hydrogens (tertiary/aromatic N) is 2. The highest BCUT2D eigenvalue weighted by Gasteiger charge is 2.41. The van der Waals surface area contributed by atoms with Crippen LogP contribution in [0.25, 0.3) is 0 Å². The lowest BCUT2D eigenvalue weighted by Gasteiger charge is -2.33. The van der Waals surface area contributed by atoms with E-state index in [1.807, 2.05) is 26.1 Å². The number of hydrogen-bond acceptors (Lipinski definition) is 5. The van der Waals surface area contributed by atoms with Crippen LogP contribution in [-0.4, -0.2) is 32.8 Å². The zero-order chi connectivity index (χ0) is 21.1. The molecule has 29 heavy (non-hydrogen) atoms. The van der Waals surface area contributed by atoms with Crippen molar-refractivity contribution in [2.75, 3.05) is 13.6 Å². The molecule has 6 nitrogen and oxygen atoms in total. The minimum atomic E-state index is -4.05. The first-order chi connectivity index (χ1) is 13.8. The van der Waals surface area contributed by atoms with Crippen molar-refractivity contribution in [2.45, 2.75) is 42.9 Å². The minimum Gasteiger partial charge on any atom is -0.379 e. The molecule has 0 radical (unpaired) electrons. The van der Waals surface area contributed by atoms with E-state index in [-0.39, 0.29) is 16.6 Å². The number of nitriles is 1. The second-order valence-electron chi connectivity index (χ2n) is 7.32. The Hall–Kier alpha value is -2.85. The van der Waals surface area contributed by atoms with Gasteiger partial charge in [-0.25, -0.2) is 0 Å². The maximum atomic E-state index is 13.1. The van der Waals surface area contributed by atoms with Crippen LogP contribution in [0.5, 0.6) is 5.75 Å². The number of likely N-dealkylation sites (tertiary alicyclic amines) is 1. The van der Waals surface area contributed by atoms with Crippen molar-refractivity contribution in [3.63, 3.8) is 0 Å². The summed E-state index contributed by atoms with van der Waals surface area (Å²) < 4.78 is 30.6. The van der Waals surface area contributed by atoms with Crippen LogP contribution in [0.2, 0.25) is 0 Å². The van der Waals surface area contributed by atoms with Gasteiger partial charge in [0.2, 0.25) is 5.91 Å². The molecule has 1 saturated heterocycles. The quantitative estimate of drug-likeness (QED) is 0.700. The van der Waals surface area contributed by atoms with Gasteiger partial charge in [0.25, 0.3) is 0 Å². The Morgan fingerprint density at radius 2 is 1.90 bits per heavy atom. The number of likely N-dealkylation sites (N-methyl/N-ethyl adjacent to an activating group) is 1. The molecular weight excluding hydrogens is 388 g/mol. The standard InChI is InChI=1S/C22H24N2O4S/c1-3-22(13-4-5-14-24(2)21(22)25)18-7-6-8-19(15-18)28-29(26,27)20-11-9-17(16-23)10-12-20/h6-12,15H,3-5,13-14H2,1-2H3/t22-/m1/s1. The van der Waals surface area contributed by atoms with Crippen molar-refractivity contribution in [2.24, 2.45) is 0 Å². The molecule has 0 N–H and O–H groups in total. The maximum Gasteiger partial charge on any atom is 0.339 e. The van der Waals surface area contributed by atoms with E-state index in [9.17, 15) is 13.2 Å². The molecule has 1 amide bonds. The summed E-state index contributed by atoms with van der Waals surface area (Å²) in [5, 5.41) is 8.87. The van der Waals surface area contributed by atoms with E-state index in [1.165, 1.54) is 24.3 Å². The van der Waals surface area contributed by atoms with Crippen molar-refractivity contribution in [3.8, 4) is 11.8 Å². The summed E-state index contributed by atoms with van der Waals surface area (Å²) >= 11 is 0. The maximum absolute atomic E-state index is 13.1. The molecular formula is C22H24N2O4S. The van der Waals surface area contributed by atoms with E-state index in [0.717, 1.165) is 31.4 Å². The van der Waals surface area contributed by atoms with Gasteiger partial charge < -0.3 is 9.08 Å². The van der Waals surface area contributed by atoms with Crippen LogP contribution in [0.3, 0.4) is 0 Å². The van der Waals surface area contributed by atoms with Crippen LogP contribution in [0.1, 0.15) is 43.7 Å². The lowest BCUT2D eigenvalue weighted by Crippen LogP contribution is -2.43. The molecule has 0 unspecified atom stereocenters. The summed E-state index contributed by atoms with van der Waals surface area (Å²) in [6, 6.07) is 14.3. The molecule has 1 aliphatic rings. The second-order valence-corrected chi connectivity index (χ2v) is 8.87.